The minimum atomic E-state index is 0.214. The van der Waals surface area contributed by atoms with E-state index in [9.17, 15) is 0 Å². The average Bonchev–Trinajstić information content (AvgIpc) is 2.39. The van der Waals surface area contributed by atoms with Crippen LogP contribution in [0.4, 0.5) is 0 Å². The van der Waals surface area contributed by atoms with Crippen LogP contribution in [-0.4, -0.2) is 12.1 Å². The number of halogens is 1. The number of methoxy groups -OCH3 is 1. The van der Waals surface area contributed by atoms with Gasteiger partial charge in [0, 0.05) is 17.3 Å². The maximum Gasteiger partial charge on any atom is 0.146 e. The van der Waals surface area contributed by atoms with Crippen LogP contribution in [0.3, 0.4) is 0 Å². The van der Waals surface area contributed by atoms with E-state index in [4.69, 9.17) is 21.6 Å². The molecule has 0 atom stereocenters. The molecule has 0 aliphatic carbocycles. The maximum atomic E-state index is 8.91. The number of ether oxygens (including phenoxy) is 1. The third kappa shape index (κ3) is 2.22. The van der Waals surface area contributed by atoms with Crippen molar-refractivity contribution in [3.63, 3.8) is 0 Å². The number of aromatic nitrogens is 1. The van der Waals surface area contributed by atoms with Crippen molar-refractivity contribution in [3.8, 4) is 22.9 Å². The van der Waals surface area contributed by atoms with Gasteiger partial charge in [-0.05, 0) is 12.1 Å². The summed E-state index contributed by atoms with van der Waals surface area (Å²) in [5.74, 6) is 0.737. The number of nitrogens with zero attached hydrogens (tertiary/aromatic N) is 2. The Kier molecular flexibility index (Phi) is 3.27. The summed E-state index contributed by atoms with van der Waals surface area (Å²) >= 11 is 5.79. The minimum absolute atomic E-state index is 0.214. The molecule has 0 fully saturated rings. The lowest BCUT2D eigenvalue weighted by Crippen LogP contribution is -1.90. The first-order valence-electron chi connectivity index (χ1n) is 4.95. The molecule has 0 radical (unpaired) electrons. The van der Waals surface area contributed by atoms with Crippen molar-refractivity contribution in [2.75, 3.05) is 7.11 Å². The smallest absolute Gasteiger partial charge is 0.146 e. The molecule has 2 aromatic rings. The fraction of sp³-hybridized carbons (Fsp3) is 0.0769. The molecule has 2 rings (SSSR count). The highest BCUT2D eigenvalue weighted by Gasteiger charge is 2.08. The molecule has 4 heteroatoms. The highest BCUT2D eigenvalue weighted by molar-refractivity contribution is 6.30. The zero-order valence-electron chi connectivity index (χ0n) is 9.14. The lowest BCUT2D eigenvalue weighted by Gasteiger charge is -2.08. The number of benzene rings is 1. The number of para-hydroxylation sites is 1. The largest absolute Gasteiger partial charge is 0.496 e. The molecule has 3 nitrogen and oxygen atoms in total. The first-order valence-corrected chi connectivity index (χ1v) is 5.33. The predicted molar refractivity (Wildman–Crippen MR) is 66.0 cm³/mol. The summed E-state index contributed by atoms with van der Waals surface area (Å²) in [7, 11) is 1.60. The van der Waals surface area contributed by atoms with E-state index in [2.05, 4.69) is 4.98 Å². The monoisotopic (exact) mass is 244 g/mol. The predicted octanol–water partition coefficient (Wildman–Crippen LogP) is 3.28. The number of nitriles is 1. The van der Waals surface area contributed by atoms with Crippen LogP contribution < -0.4 is 4.74 Å². The van der Waals surface area contributed by atoms with Gasteiger partial charge in [-0.25, -0.2) is 4.98 Å². The van der Waals surface area contributed by atoms with Gasteiger partial charge in [0.05, 0.1) is 12.7 Å². The van der Waals surface area contributed by atoms with Crippen LogP contribution >= 0.6 is 11.6 Å². The van der Waals surface area contributed by atoms with E-state index in [-0.39, 0.29) is 5.15 Å². The molecule has 17 heavy (non-hydrogen) atoms. The van der Waals surface area contributed by atoms with Gasteiger partial charge in [0.15, 0.2) is 0 Å². The number of rotatable bonds is 2. The van der Waals surface area contributed by atoms with Crippen LogP contribution in [0.1, 0.15) is 5.56 Å². The number of pyridine rings is 1. The van der Waals surface area contributed by atoms with E-state index in [1.54, 1.807) is 19.4 Å². The van der Waals surface area contributed by atoms with Gasteiger partial charge in [0.1, 0.15) is 17.0 Å². The lowest BCUT2D eigenvalue weighted by atomic mass is 10.1. The standard InChI is InChI=1S/C13H9ClN2O/c1-17-12-5-3-2-4-11(12)10-6-9(7-15)13(14)16-8-10/h2-6,8H,1H3. The summed E-state index contributed by atoms with van der Waals surface area (Å²) in [5.41, 5.74) is 2.05. The molecule has 0 bridgehead atoms. The van der Waals surface area contributed by atoms with E-state index in [1.807, 2.05) is 30.3 Å². The number of hydrogen-bond acceptors (Lipinski definition) is 3. The van der Waals surface area contributed by atoms with Crippen molar-refractivity contribution < 1.29 is 4.74 Å². The molecule has 0 unspecified atom stereocenters. The van der Waals surface area contributed by atoms with Crippen LogP contribution in [-0.2, 0) is 0 Å². The highest BCUT2D eigenvalue weighted by atomic mass is 35.5. The van der Waals surface area contributed by atoms with E-state index in [0.717, 1.165) is 16.9 Å². The van der Waals surface area contributed by atoms with Crippen molar-refractivity contribution >= 4 is 11.6 Å². The van der Waals surface area contributed by atoms with Crippen LogP contribution in [0.25, 0.3) is 11.1 Å². The summed E-state index contributed by atoms with van der Waals surface area (Å²) in [4.78, 5) is 3.99. The fourth-order valence-corrected chi connectivity index (χ4v) is 1.70. The molecule has 0 aliphatic heterocycles. The van der Waals surface area contributed by atoms with Crippen molar-refractivity contribution in [3.05, 3.63) is 47.2 Å². The summed E-state index contributed by atoms with van der Waals surface area (Å²) in [6.45, 7) is 0. The molecule has 1 aromatic carbocycles. The molecule has 0 amide bonds. The van der Waals surface area contributed by atoms with Crippen LogP contribution in [0.15, 0.2) is 36.5 Å². The Balaban J connectivity index is 2.58. The van der Waals surface area contributed by atoms with E-state index in [1.165, 1.54) is 0 Å². The minimum Gasteiger partial charge on any atom is -0.496 e. The van der Waals surface area contributed by atoms with Gasteiger partial charge in [0.2, 0.25) is 0 Å². The summed E-state index contributed by atoms with van der Waals surface area (Å²) in [5, 5.41) is 9.12. The highest BCUT2D eigenvalue weighted by Crippen LogP contribution is 2.30. The van der Waals surface area contributed by atoms with Gasteiger partial charge in [0.25, 0.3) is 0 Å². The second-order valence-electron chi connectivity index (χ2n) is 3.37. The first-order chi connectivity index (χ1) is 8.26. The lowest BCUT2D eigenvalue weighted by molar-refractivity contribution is 0.416. The average molecular weight is 245 g/mol. The van der Waals surface area contributed by atoms with Gasteiger partial charge in [-0.15, -0.1) is 0 Å². The molecule has 84 valence electrons. The quantitative estimate of drug-likeness (QED) is 0.762. The van der Waals surface area contributed by atoms with Crippen LogP contribution in [0.2, 0.25) is 5.15 Å². The molecular weight excluding hydrogens is 236 g/mol. The Labute approximate surface area is 104 Å². The van der Waals surface area contributed by atoms with E-state index >= 15 is 0 Å². The Morgan fingerprint density at radius 3 is 2.82 bits per heavy atom. The second-order valence-corrected chi connectivity index (χ2v) is 3.73. The molecule has 0 saturated carbocycles. The SMILES string of the molecule is COc1ccccc1-c1cnc(Cl)c(C#N)c1. The van der Waals surface area contributed by atoms with E-state index < -0.39 is 0 Å². The second kappa shape index (κ2) is 4.86. The molecule has 0 aliphatic rings. The zero-order chi connectivity index (χ0) is 12.3. The van der Waals surface area contributed by atoms with Crippen LogP contribution in [0.5, 0.6) is 5.75 Å². The molecular formula is C13H9ClN2O. The normalized spacial score (nSPS) is 9.71. The van der Waals surface area contributed by atoms with Gasteiger partial charge in [-0.3, -0.25) is 0 Å². The Bertz CT molecular complexity index is 590. The zero-order valence-corrected chi connectivity index (χ0v) is 9.90. The van der Waals surface area contributed by atoms with Gasteiger partial charge in [-0.1, -0.05) is 29.8 Å². The third-order valence-corrected chi connectivity index (χ3v) is 2.68. The molecule has 1 heterocycles. The summed E-state index contributed by atoms with van der Waals surface area (Å²) < 4.78 is 5.26. The Morgan fingerprint density at radius 2 is 2.12 bits per heavy atom. The first kappa shape index (κ1) is 11.4. The Morgan fingerprint density at radius 1 is 1.35 bits per heavy atom. The Hall–Kier alpha value is -2.05. The van der Waals surface area contributed by atoms with Gasteiger partial charge >= 0.3 is 0 Å². The topological polar surface area (TPSA) is 45.9 Å². The van der Waals surface area contributed by atoms with Crippen LogP contribution in [0, 0.1) is 11.3 Å². The van der Waals surface area contributed by atoms with Crippen molar-refractivity contribution in [2.24, 2.45) is 0 Å². The summed E-state index contributed by atoms with van der Waals surface area (Å²) in [6, 6.07) is 11.3. The molecule has 0 N–H and O–H groups in total. The third-order valence-electron chi connectivity index (χ3n) is 2.38. The van der Waals surface area contributed by atoms with Gasteiger partial charge in [-0.2, -0.15) is 5.26 Å². The van der Waals surface area contributed by atoms with Crippen molar-refractivity contribution in [1.82, 2.24) is 4.98 Å². The molecule has 0 spiro atoms. The maximum absolute atomic E-state index is 8.91. The van der Waals surface area contributed by atoms with E-state index in [0.29, 0.717) is 5.56 Å². The van der Waals surface area contributed by atoms with Gasteiger partial charge < -0.3 is 4.74 Å². The molecule has 0 saturated heterocycles. The fourth-order valence-electron chi connectivity index (χ4n) is 1.56. The number of hydrogen-bond donors (Lipinski definition) is 0. The summed E-state index contributed by atoms with van der Waals surface area (Å²) in [6.07, 6.45) is 1.63. The van der Waals surface area contributed by atoms with Crippen molar-refractivity contribution in [1.29, 1.82) is 5.26 Å². The van der Waals surface area contributed by atoms with Crippen molar-refractivity contribution in [2.45, 2.75) is 0 Å². The molecule has 1 aromatic heterocycles.